The van der Waals surface area contributed by atoms with Gasteiger partial charge in [-0.3, -0.25) is 0 Å². The second-order valence-corrected chi connectivity index (χ2v) is 7.50. The van der Waals surface area contributed by atoms with Crippen LogP contribution in [0.2, 0.25) is 0 Å². The molecule has 19 heavy (non-hydrogen) atoms. The van der Waals surface area contributed by atoms with Gasteiger partial charge in [0.1, 0.15) is 0 Å². The Kier molecular flexibility index (Phi) is 5.94. The number of ether oxygens (including phenoxy) is 1. The molecule has 0 saturated heterocycles. The van der Waals surface area contributed by atoms with E-state index in [1.165, 1.54) is 15.6 Å². The van der Waals surface area contributed by atoms with Crippen LogP contribution in [0.15, 0.2) is 11.0 Å². The molecule has 0 aliphatic carbocycles. The van der Waals surface area contributed by atoms with Crippen LogP contribution < -0.4 is 0 Å². The van der Waals surface area contributed by atoms with Crippen LogP contribution in [0.4, 0.5) is 0 Å². The lowest BCUT2D eigenvalue weighted by molar-refractivity contribution is 0.142. The van der Waals surface area contributed by atoms with Crippen LogP contribution >= 0.6 is 11.3 Å². The molecule has 0 aromatic carbocycles. The van der Waals surface area contributed by atoms with Crippen molar-refractivity contribution >= 4 is 21.4 Å². The van der Waals surface area contributed by atoms with E-state index in [9.17, 15) is 8.42 Å². The van der Waals surface area contributed by atoms with Gasteiger partial charge in [-0.15, -0.1) is 11.3 Å². The molecule has 1 N–H and O–H groups in total. The molecule has 0 fully saturated rings. The molecule has 0 aliphatic heterocycles. The van der Waals surface area contributed by atoms with Crippen molar-refractivity contribution in [3.63, 3.8) is 0 Å². The van der Waals surface area contributed by atoms with Crippen LogP contribution in [0.1, 0.15) is 23.6 Å². The first-order valence-corrected chi connectivity index (χ1v) is 8.35. The van der Waals surface area contributed by atoms with Gasteiger partial charge in [0.05, 0.1) is 18.1 Å². The van der Waals surface area contributed by atoms with Crippen molar-refractivity contribution in [1.82, 2.24) is 4.31 Å². The van der Waals surface area contributed by atoms with Gasteiger partial charge >= 0.3 is 0 Å². The molecule has 0 saturated carbocycles. The van der Waals surface area contributed by atoms with Crippen LogP contribution in [0.3, 0.4) is 0 Å². The van der Waals surface area contributed by atoms with Gasteiger partial charge < -0.3 is 9.84 Å². The van der Waals surface area contributed by atoms with Gasteiger partial charge in [0.2, 0.25) is 10.0 Å². The molecule has 1 unspecified atom stereocenters. The van der Waals surface area contributed by atoms with E-state index in [0.29, 0.717) is 22.9 Å². The van der Waals surface area contributed by atoms with Crippen LogP contribution in [-0.4, -0.2) is 44.1 Å². The van der Waals surface area contributed by atoms with E-state index in [1.54, 1.807) is 27.0 Å². The van der Waals surface area contributed by atoms with E-state index in [0.717, 1.165) is 0 Å². The van der Waals surface area contributed by atoms with Crippen LogP contribution in [0.25, 0.3) is 0 Å². The molecule has 1 rings (SSSR count). The molecule has 1 aromatic rings. The summed E-state index contributed by atoms with van der Waals surface area (Å²) in [7, 11) is -1.99. The monoisotopic (exact) mass is 307 g/mol. The summed E-state index contributed by atoms with van der Waals surface area (Å²) in [5, 5.41) is 9.11. The summed E-state index contributed by atoms with van der Waals surface area (Å²) >= 11 is 1.31. The van der Waals surface area contributed by atoms with Gasteiger partial charge in [0.25, 0.3) is 0 Å². The number of aryl methyl sites for hydroxylation is 1. The van der Waals surface area contributed by atoms with E-state index in [4.69, 9.17) is 9.84 Å². The maximum Gasteiger partial charge on any atom is 0.244 e. The molecule has 7 heteroatoms. The maximum absolute atomic E-state index is 12.6. The standard InChI is InChI=1S/C12H21NO4S2/c1-5-13(9(2)8-17-4)19(15,16)12-6-11(7-14)18-10(12)3/h6,9,14H,5,7-8H2,1-4H3. The smallest absolute Gasteiger partial charge is 0.244 e. The largest absolute Gasteiger partial charge is 0.391 e. The number of likely N-dealkylation sites (N-methyl/N-ethyl adjacent to an activating group) is 1. The van der Waals surface area contributed by atoms with Crippen molar-refractivity contribution in [3.8, 4) is 0 Å². The zero-order valence-corrected chi connectivity index (χ0v) is 13.3. The Balaban J connectivity index is 3.16. The van der Waals surface area contributed by atoms with Crippen molar-refractivity contribution in [2.45, 2.75) is 38.3 Å². The van der Waals surface area contributed by atoms with Crippen molar-refractivity contribution in [3.05, 3.63) is 15.8 Å². The molecule has 1 atom stereocenters. The number of hydrogen-bond donors (Lipinski definition) is 1. The third kappa shape index (κ3) is 3.55. The van der Waals surface area contributed by atoms with E-state index in [-0.39, 0.29) is 17.5 Å². The highest BCUT2D eigenvalue weighted by molar-refractivity contribution is 7.89. The Labute approximate surface area is 118 Å². The van der Waals surface area contributed by atoms with Crippen molar-refractivity contribution in [1.29, 1.82) is 0 Å². The minimum Gasteiger partial charge on any atom is -0.391 e. The highest BCUT2D eigenvalue weighted by Gasteiger charge is 2.30. The fourth-order valence-corrected chi connectivity index (χ4v) is 5.12. The van der Waals surface area contributed by atoms with E-state index >= 15 is 0 Å². The number of nitrogens with zero attached hydrogens (tertiary/aromatic N) is 1. The average molecular weight is 307 g/mol. The van der Waals surface area contributed by atoms with E-state index < -0.39 is 10.0 Å². The number of aliphatic hydroxyl groups is 1. The Morgan fingerprint density at radius 3 is 2.58 bits per heavy atom. The summed E-state index contributed by atoms with van der Waals surface area (Å²) in [5.74, 6) is 0. The SMILES string of the molecule is CCN(C(C)COC)S(=O)(=O)c1cc(CO)sc1C. The molecular weight excluding hydrogens is 286 g/mol. The maximum atomic E-state index is 12.6. The summed E-state index contributed by atoms with van der Waals surface area (Å²) < 4.78 is 31.7. The zero-order chi connectivity index (χ0) is 14.6. The summed E-state index contributed by atoms with van der Waals surface area (Å²) in [6.07, 6.45) is 0. The first kappa shape index (κ1) is 16.6. The molecule has 0 bridgehead atoms. The molecule has 0 amide bonds. The second kappa shape index (κ2) is 6.81. The Hall–Kier alpha value is -0.470. The van der Waals surface area contributed by atoms with E-state index in [2.05, 4.69) is 0 Å². The van der Waals surface area contributed by atoms with Gasteiger partial charge in [-0.05, 0) is 19.9 Å². The fraction of sp³-hybridized carbons (Fsp3) is 0.667. The minimum absolute atomic E-state index is 0.138. The van der Waals surface area contributed by atoms with Crippen LogP contribution in [-0.2, 0) is 21.4 Å². The number of methoxy groups -OCH3 is 1. The number of hydrogen-bond acceptors (Lipinski definition) is 5. The Bertz CT molecular complexity index is 510. The minimum atomic E-state index is -3.54. The first-order valence-electron chi connectivity index (χ1n) is 6.09. The molecule has 0 spiro atoms. The number of sulfonamides is 1. The molecule has 5 nitrogen and oxygen atoms in total. The van der Waals surface area contributed by atoms with Crippen molar-refractivity contribution in [2.75, 3.05) is 20.3 Å². The summed E-state index contributed by atoms with van der Waals surface area (Å²) in [6, 6.07) is 1.33. The summed E-state index contributed by atoms with van der Waals surface area (Å²) in [5.41, 5.74) is 0. The molecule has 110 valence electrons. The summed E-state index contributed by atoms with van der Waals surface area (Å²) in [4.78, 5) is 1.64. The second-order valence-electron chi connectivity index (χ2n) is 4.30. The van der Waals surface area contributed by atoms with Gasteiger partial charge in [-0.1, -0.05) is 6.92 Å². The predicted molar refractivity (Wildman–Crippen MR) is 75.9 cm³/mol. The van der Waals surface area contributed by atoms with Crippen molar-refractivity contribution < 1.29 is 18.3 Å². The van der Waals surface area contributed by atoms with Gasteiger partial charge in [-0.2, -0.15) is 4.31 Å². The molecule has 1 heterocycles. The average Bonchev–Trinajstić information content (AvgIpc) is 2.72. The molecule has 0 radical (unpaired) electrons. The zero-order valence-electron chi connectivity index (χ0n) is 11.7. The molecular formula is C12H21NO4S2. The highest BCUT2D eigenvalue weighted by atomic mass is 32.2. The Morgan fingerprint density at radius 1 is 1.53 bits per heavy atom. The van der Waals surface area contributed by atoms with Crippen LogP contribution in [0, 0.1) is 6.92 Å². The van der Waals surface area contributed by atoms with Gasteiger partial charge in [0.15, 0.2) is 0 Å². The summed E-state index contributed by atoms with van der Waals surface area (Å²) in [6.45, 7) is 5.98. The van der Waals surface area contributed by atoms with Gasteiger partial charge in [-0.25, -0.2) is 8.42 Å². The van der Waals surface area contributed by atoms with Gasteiger partial charge in [0, 0.05) is 29.5 Å². The topological polar surface area (TPSA) is 66.8 Å². The van der Waals surface area contributed by atoms with Crippen LogP contribution in [0.5, 0.6) is 0 Å². The lowest BCUT2D eigenvalue weighted by Crippen LogP contribution is -2.40. The lowest BCUT2D eigenvalue weighted by atomic mass is 10.4. The number of aliphatic hydroxyl groups excluding tert-OH is 1. The molecule has 0 aliphatic rings. The number of thiophene rings is 1. The Morgan fingerprint density at radius 2 is 2.16 bits per heavy atom. The predicted octanol–water partition coefficient (Wildman–Crippen LogP) is 1.59. The normalized spacial score (nSPS) is 14.0. The lowest BCUT2D eigenvalue weighted by Gasteiger charge is -2.26. The first-order chi connectivity index (χ1) is 8.88. The number of rotatable bonds is 7. The fourth-order valence-electron chi connectivity index (χ4n) is 2.03. The highest BCUT2D eigenvalue weighted by Crippen LogP contribution is 2.29. The van der Waals surface area contributed by atoms with Crippen molar-refractivity contribution in [2.24, 2.45) is 0 Å². The molecule has 1 aromatic heterocycles. The van der Waals surface area contributed by atoms with E-state index in [1.807, 2.05) is 6.92 Å². The third-order valence-electron chi connectivity index (χ3n) is 2.88. The quantitative estimate of drug-likeness (QED) is 0.831. The third-order valence-corrected chi connectivity index (χ3v) is 6.26.